The first-order valence-corrected chi connectivity index (χ1v) is 6.51. The van der Waals surface area contributed by atoms with Crippen molar-refractivity contribution in [1.82, 2.24) is 0 Å². The molecule has 0 bridgehead atoms. The molecule has 1 heterocycles. The second kappa shape index (κ2) is 4.89. The lowest BCUT2D eigenvalue weighted by Gasteiger charge is -2.03. The van der Waals surface area contributed by atoms with Crippen molar-refractivity contribution in [3.05, 3.63) is 46.6 Å². The van der Waals surface area contributed by atoms with Crippen LogP contribution in [0.5, 0.6) is 0 Å². The normalized spacial score (nSPS) is 10.5. The van der Waals surface area contributed by atoms with Crippen LogP contribution < -0.4 is 0 Å². The Bertz CT molecular complexity index is 563. The summed E-state index contributed by atoms with van der Waals surface area (Å²) >= 11 is 2.79. The van der Waals surface area contributed by atoms with E-state index in [4.69, 9.17) is 5.11 Å². The molecule has 0 saturated carbocycles. The highest BCUT2D eigenvalue weighted by Crippen LogP contribution is 2.35. The van der Waals surface area contributed by atoms with Crippen LogP contribution >= 0.6 is 23.1 Å². The van der Waals surface area contributed by atoms with Gasteiger partial charge in [-0.15, -0.1) is 11.3 Å². The van der Waals surface area contributed by atoms with E-state index in [-0.39, 0.29) is 5.56 Å². The van der Waals surface area contributed by atoms with Crippen LogP contribution in [0, 0.1) is 12.7 Å². The fourth-order valence-electron chi connectivity index (χ4n) is 1.32. The monoisotopic (exact) mass is 268 g/mol. The Morgan fingerprint density at radius 1 is 1.41 bits per heavy atom. The number of carboxylic acids is 1. The molecule has 0 aliphatic carbocycles. The Hall–Kier alpha value is -1.33. The van der Waals surface area contributed by atoms with Gasteiger partial charge in [-0.05, 0) is 42.1 Å². The number of aromatic carboxylic acids is 1. The molecule has 2 rings (SSSR count). The summed E-state index contributed by atoms with van der Waals surface area (Å²) in [6.07, 6.45) is 0. The van der Waals surface area contributed by atoms with Gasteiger partial charge >= 0.3 is 5.97 Å². The number of benzene rings is 1. The molecule has 0 amide bonds. The third-order valence-electron chi connectivity index (χ3n) is 2.09. The SMILES string of the molecule is Cc1csc(Sc2cc(F)ccc2C(=O)O)c1. The molecule has 1 aromatic carbocycles. The maximum atomic E-state index is 13.1. The van der Waals surface area contributed by atoms with E-state index in [0.29, 0.717) is 4.90 Å². The Morgan fingerprint density at radius 3 is 2.76 bits per heavy atom. The number of hydrogen-bond donors (Lipinski definition) is 1. The van der Waals surface area contributed by atoms with Gasteiger partial charge in [-0.2, -0.15) is 0 Å². The first kappa shape index (κ1) is 12.1. The van der Waals surface area contributed by atoms with Crippen molar-refractivity contribution in [2.75, 3.05) is 0 Å². The fourth-order valence-corrected chi connectivity index (χ4v) is 3.45. The van der Waals surface area contributed by atoms with Crippen molar-refractivity contribution in [1.29, 1.82) is 0 Å². The summed E-state index contributed by atoms with van der Waals surface area (Å²) in [7, 11) is 0. The predicted octanol–water partition coefficient (Wildman–Crippen LogP) is 4.05. The molecule has 2 nitrogen and oxygen atoms in total. The smallest absolute Gasteiger partial charge is 0.336 e. The van der Waals surface area contributed by atoms with Crippen molar-refractivity contribution >= 4 is 29.1 Å². The third-order valence-corrected chi connectivity index (χ3v) is 4.35. The molecule has 0 spiro atoms. The highest BCUT2D eigenvalue weighted by Gasteiger charge is 2.12. The van der Waals surface area contributed by atoms with Gasteiger partial charge in [0.15, 0.2) is 0 Å². The summed E-state index contributed by atoms with van der Waals surface area (Å²) in [5.41, 5.74) is 1.24. The van der Waals surface area contributed by atoms with Crippen LogP contribution in [0.1, 0.15) is 15.9 Å². The van der Waals surface area contributed by atoms with E-state index < -0.39 is 11.8 Å². The van der Waals surface area contributed by atoms with Crippen molar-refractivity contribution in [2.45, 2.75) is 16.0 Å². The zero-order chi connectivity index (χ0) is 12.4. The van der Waals surface area contributed by atoms with Crippen LogP contribution in [0.4, 0.5) is 4.39 Å². The number of rotatable bonds is 3. The second-order valence-electron chi connectivity index (χ2n) is 3.49. The molecule has 0 atom stereocenters. The van der Waals surface area contributed by atoms with Crippen LogP contribution in [0.2, 0.25) is 0 Å². The summed E-state index contributed by atoms with van der Waals surface area (Å²) < 4.78 is 14.1. The molecule has 88 valence electrons. The quantitative estimate of drug-likeness (QED) is 0.912. The van der Waals surface area contributed by atoms with Crippen LogP contribution in [-0.2, 0) is 0 Å². The highest BCUT2D eigenvalue weighted by atomic mass is 32.2. The molecule has 0 saturated heterocycles. The summed E-state index contributed by atoms with van der Waals surface area (Å²) in [5, 5.41) is 11.0. The molecule has 1 N–H and O–H groups in total. The molecule has 5 heteroatoms. The second-order valence-corrected chi connectivity index (χ2v) is 5.74. The van der Waals surface area contributed by atoms with Gasteiger partial charge in [0.2, 0.25) is 0 Å². The summed E-state index contributed by atoms with van der Waals surface area (Å²) in [4.78, 5) is 11.4. The van der Waals surface area contributed by atoms with Gasteiger partial charge in [-0.3, -0.25) is 0 Å². The van der Waals surface area contributed by atoms with Gasteiger partial charge in [-0.25, -0.2) is 9.18 Å². The van der Waals surface area contributed by atoms with E-state index in [1.165, 1.54) is 35.2 Å². The Balaban J connectivity index is 2.37. The minimum Gasteiger partial charge on any atom is -0.478 e. The zero-order valence-electron chi connectivity index (χ0n) is 8.94. The summed E-state index contributed by atoms with van der Waals surface area (Å²) in [6.45, 7) is 1.96. The maximum absolute atomic E-state index is 13.1. The van der Waals surface area contributed by atoms with E-state index in [1.54, 1.807) is 0 Å². The van der Waals surface area contributed by atoms with Gasteiger partial charge in [-0.1, -0.05) is 11.8 Å². The topological polar surface area (TPSA) is 37.3 Å². The van der Waals surface area contributed by atoms with Crippen molar-refractivity contribution < 1.29 is 14.3 Å². The fraction of sp³-hybridized carbons (Fsp3) is 0.0833. The molecule has 0 fully saturated rings. The van der Waals surface area contributed by atoms with Gasteiger partial charge < -0.3 is 5.11 Å². The van der Waals surface area contributed by atoms with Crippen LogP contribution in [-0.4, -0.2) is 11.1 Å². The number of thiophene rings is 1. The Kier molecular flexibility index (Phi) is 3.49. The Labute approximate surface area is 106 Å². The molecule has 0 aliphatic rings. The van der Waals surface area contributed by atoms with E-state index in [2.05, 4.69) is 0 Å². The minimum atomic E-state index is -1.04. The van der Waals surface area contributed by atoms with Gasteiger partial charge in [0.25, 0.3) is 0 Å². The van der Waals surface area contributed by atoms with Crippen LogP contribution in [0.25, 0.3) is 0 Å². The number of hydrogen-bond acceptors (Lipinski definition) is 3. The lowest BCUT2D eigenvalue weighted by atomic mass is 10.2. The molecule has 0 radical (unpaired) electrons. The molecular weight excluding hydrogens is 259 g/mol. The van der Waals surface area contributed by atoms with E-state index >= 15 is 0 Å². The number of halogens is 1. The van der Waals surface area contributed by atoms with Crippen molar-refractivity contribution in [3.8, 4) is 0 Å². The minimum absolute atomic E-state index is 0.127. The number of carboxylic acid groups (broad SMARTS) is 1. The van der Waals surface area contributed by atoms with E-state index in [0.717, 1.165) is 15.8 Å². The third kappa shape index (κ3) is 2.87. The van der Waals surface area contributed by atoms with Gasteiger partial charge in [0.05, 0.1) is 9.77 Å². The van der Waals surface area contributed by atoms with E-state index in [9.17, 15) is 9.18 Å². The largest absolute Gasteiger partial charge is 0.478 e. The van der Waals surface area contributed by atoms with Gasteiger partial charge in [0.1, 0.15) is 5.82 Å². The Morgan fingerprint density at radius 2 is 2.18 bits per heavy atom. The highest BCUT2D eigenvalue weighted by molar-refractivity contribution is 8.01. The first-order valence-electron chi connectivity index (χ1n) is 4.82. The lowest BCUT2D eigenvalue weighted by Crippen LogP contribution is -1.98. The molecule has 17 heavy (non-hydrogen) atoms. The number of carbonyl (C=O) groups is 1. The number of aryl methyl sites for hydroxylation is 1. The van der Waals surface area contributed by atoms with Crippen molar-refractivity contribution in [3.63, 3.8) is 0 Å². The first-order chi connectivity index (χ1) is 8.06. The average molecular weight is 268 g/mol. The molecule has 0 unspecified atom stereocenters. The van der Waals surface area contributed by atoms with Crippen LogP contribution in [0.3, 0.4) is 0 Å². The average Bonchev–Trinajstić information content (AvgIpc) is 2.63. The molecule has 0 aliphatic heterocycles. The maximum Gasteiger partial charge on any atom is 0.336 e. The lowest BCUT2D eigenvalue weighted by molar-refractivity contribution is 0.0693. The standard InChI is InChI=1S/C12H9FO2S2/c1-7-4-11(16-6-7)17-10-5-8(13)2-3-9(10)12(14)15/h2-6H,1H3,(H,14,15). The van der Waals surface area contributed by atoms with E-state index in [1.807, 2.05) is 18.4 Å². The summed E-state index contributed by atoms with van der Waals surface area (Å²) in [6, 6.07) is 5.66. The summed E-state index contributed by atoms with van der Waals surface area (Å²) in [5.74, 6) is -1.47. The molecule has 1 aromatic heterocycles. The zero-order valence-corrected chi connectivity index (χ0v) is 10.6. The predicted molar refractivity (Wildman–Crippen MR) is 66.5 cm³/mol. The van der Waals surface area contributed by atoms with Gasteiger partial charge in [0, 0.05) is 4.90 Å². The molecular formula is C12H9FO2S2. The molecule has 2 aromatic rings. The van der Waals surface area contributed by atoms with Crippen molar-refractivity contribution in [2.24, 2.45) is 0 Å². The van der Waals surface area contributed by atoms with Crippen LogP contribution in [0.15, 0.2) is 38.8 Å².